The average molecular weight is 759 g/mol. The molecule has 4 saturated carbocycles. The van der Waals surface area contributed by atoms with Gasteiger partial charge in [0.05, 0.1) is 31.5 Å². The third-order valence-electron chi connectivity index (χ3n) is 15.7. The summed E-state index contributed by atoms with van der Waals surface area (Å²) in [5, 5.41) is 96.3. The van der Waals surface area contributed by atoms with Crippen LogP contribution in [0, 0.1) is 52.3 Å². The van der Waals surface area contributed by atoms with E-state index in [1.54, 1.807) is 0 Å². The predicted molar refractivity (Wildman–Crippen MR) is 186 cm³/mol. The normalized spacial score (nSPS) is 56.8. The fraction of sp³-hybridized carbons (Fsp3) is 1.00. The summed E-state index contributed by atoms with van der Waals surface area (Å²) in [5.41, 5.74) is -0.117. The highest BCUT2D eigenvalue weighted by atomic mass is 16.8. The second kappa shape index (κ2) is 15.0. The monoisotopic (exact) mass is 758 g/mol. The highest BCUT2D eigenvalue weighted by Crippen LogP contribution is 2.71. The number of aliphatic hydroxyl groups is 9. The zero-order valence-corrected chi connectivity index (χ0v) is 31.9. The zero-order valence-electron chi connectivity index (χ0n) is 31.9. The van der Waals surface area contributed by atoms with Gasteiger partial charge in [-0.15, -0.1) is 0 Å². The average Bonchev–Trinajstić information content (AvgIpc) is 3.52. The van der Waals surface area contributed by atoms with Crippen LogP contribution in [0.4, 0.5) is 0 Å². The molecule has 9 N–H and O–H groups in total. The fourth-order valence-corrected chi connectivity index (χ4v) is 12.7. The molecule has 7 aliphatic rings. The van der Waals surface area contributed by atoms with Crippen LogP contribution in [-0.2, 0) is 23.7 Å². The van der Waals surface area contributed by atoms with E-state index in [0.717, 1.165) is 38.5 Å². The van der Waals surface area contributed by atoms with Crippen LogP contribution >= 0.6 is 0 Å². The number of ether oxygens (including phenoxy) is 5. The Hall–Kier alpha value is -0.560. The van der Waals surface area contributed by atoms with E-state index >= 15 is 0 Å². The standard InChI is InChI=1S/C39H66O14/c1-17(2)8-13-39(48)18(3)25-33(53-39)29(44)26-21-7-6-19-14-20(9-11-37(19,4)22(21)10-12-38(25,26)5)49-36-34(31(46)28(43)24(16-41)51-36)52-35-32(47)30(45)27(42)23(15-40)50-35/h17-36,40-48H,6-16H2,1-5H3/t18-,19+,20-,21+,22-,23+,24+,25-,26+,27+,28+,29?,30-,31-,32+,33+,34+,35-,36+,37-,38+,39?/m0/s1. The van der Waals surface area contributed by atoms with E-state index in [4.69, 9.17) is 23.7 Å². The van der Waals surface area contributed by atoms with Gasteiger partial charge in [0.15, 0.2) is 18.4 Å². The topological polar surface area (TPSA) is 228 Å². The number of hydrogen-bond donors (Lipinski definition) is 9. The molecule has 0 radical (unpaired) electrons. The first-order valence-electron chi connectivity index (χ1n) is 20.3. The molecule has 2 unspecified atom stereocenters. The summed E-state index contributed by atoms with van der Waals surface area (Å²) in [4.78, 5) is 0. The van der Waals surface area contributed by atoms with E-state index in [2.05, 4.69) is 34.6 Å². The van der Waals surface area contributed by atoms with Crippen molar-refractivity contribution in [2.75, 3.05) is 13.2 Å². The van der Waals surface area contributed by atoms with Gasteiger partial charge in [0, 0.05) is 18.3 Å². The van der Waals surface area contributed by atoms with Crippen LogP contribution in [0.15, 0.2) is 0 Å². The number of aliphatic hydroxyl groups excluding tert-OH is 8. The van der Waals surface area contributed by atoms with Gasteiger partial charge in [-0.05, 0) is 91.8 Å². The van der Waals surface area contributed by atoms with Crippen LogP contribution in [0.5, 0.6) is 0 Å². The molecule has 0 aromatic carbocycles. The molecule has 53 heavy (non-hydrogen) atoms. The van der Waals surface area contributed by atoms with Crippen LogP contribution in [0.2, 0.25) is 0 Å². The molecule has 0 bridgehead atoms. The van der Waals surface area contributed by atoms with Crippen LogP contribution in [0.1, 0.15) is 92.4 Å². The van der Waals surface area contributed by atoms with Gasteiger partial charge in [-0.1, -0.05) is 34.6 Å². The van der Waals surface area contributed by atoms with Gasteiger partial charge in [0.2, 0.25) is 0 Å². The first kappa shape index (κ1) is 40.6. The first-order valence-corrected chi connectivity index (χ1v) is 20.3. The summed E-state index contributed by atoms with van der Waals surface area (Å²) >= 11 is 0. The highest BCUT2D eigenvalue weighted by molar-refractivity contribution is 5.18. The SMILES string of the molecule is CC(C)CCC1(O)O[C@H]2C(O)[C@H]3[C@@H]4CC[C@@H]5C[C@@H](O[C@@H]6O[C@H](CO)[C@@H](O)[C@H](O)[C@H]6O[C@@H]6O[C@H](CO)[C@@H](O)[C@H](O)[C@H]6O)CC[C@]5(C)[C@H]4CC[C@]3(C)[C@H]2[C@@H]1C. The third-order valence-corrected chi connectivity index (χ3v) is 15.7. The van der Waals surface area contributed by atoms with Crippen molar-refractivity contribution in [2.24, 2.45) is 52.3 Å². The van der Waals surface area contributed by atoms with Crippen molar-refractivity contribution in [3.8, 4) is 0 Å². The van der Waals surface area contributed by atoms with Crippen molar-refractivity contribution in [3.63, 3.8) is 0 Å². The fourth-order valence-electron chi connectivity index (χ4n) is 12.7. The largest absolute Gasteiger partial charge is 0.394 e. The van der Waals surface area contributed by atoms with E-state index in [-0.39, 0.29) is 40.8 Å². The Morgan fingerprint density at radius 3 is 2.02 bits per heavy atom. The second-order valence-electron chi connectivity index (χ2n) is 18.8. The molecule has 7 fully saturated rings. The van der Waals surface area contributed by atoms with Crippen LogP contribution < -0.4 is 0 Å². The van der Waals surface area contributed by atoms with Crippen molar-refractivity contribution in [1.82, 2.24) is 0 Å². The lowest BCUT2D eigenvalue weighted by atomic mass is 9.44. The van der Waals surface area contributed by atoms with Gasteiger partial charge < -0.3 is 69.6 Å². The van der Waals surface area contributed by atoms with E-state index in [9.17, 15) is 46.0 Å². The van der Waals surface area contributed by atoms with E-state index < -0.39 is 86.5 Å². The number of rotatable bonds is 9. The summed E-state index contributed by atoms with van der Waals surface area (Å²) < 4.78 is 30.4. The van der Waals surface area contributed by atoms with E-state index in [1.807, 2.05) is 0 Å². The van der Waals surface area contributed by atoms with E-state index in [1.165, 1.54) is 0 Å². The quantitative estimate of drug-likeness (QED) is 0.145. The number of fused-ring (bicyclic) bond motifs is 7. The van der Waals surface area contributed by atoms with E-state index in [0.29, 0.717) is 42.9 Å². The molecule has 3 saturated heterocycles. The minimum atomic E-state index is -1.74. The van der Waals surface area contributed by atoms with Crippen LogP contribution in [0.25, 0.3) is 0 Å². The van der Waals surface area contributed by atoms with Gasteiger partial charge in [-0.25, -0.2) is 0 Å². The second-order valence-corrected chi connectivity index (χ2v) is 18.8. The summed E-state index contributed by atoms with van der Waals surface area (Å²) in [6.07, 6.45) is -8.50. The lowest BCUT2D eigenvalue weighted by molar-refractivity contribution is -0.373. The Morgan fingerprint density at radius 1 is 0.717 bits per heavy atom. The molecular formula is C39H66O14. The van der Waals surface area contributed by atoms with Gasteiger partial charge >= 0.3 is 0 Å². The van der Waals surface area contributed by atoms with Crippen LogP contribution in [0.3, 0.4) is 0 Å². The molecule has 4 aliphatic carbocycles. The smallest absolute Gasteiger partial charge is 0.187 e. The van der Waals surface area contributed by atoms with Crippen molar-refractivity contribution < 1.29 is 69.6 Å². The van der Waals surface area contributed by atoms with Crippen molar-refractivity contribution in [3.05, 3.63) is 0 Å². The molecule has 0 aromatic rings. The Bertz CT molecular complexity index is 1270. The summed E-state index contributed by atoms with van der Waals surface area (Å²) in [7, 11) is 0. The molecule has 3 heterocycles. The van der Waals surface area contributed by atoms with Crippen molar-refractivity contribution in [1.29, 1.82) is 0 Å². The molecule has 7 rings (SSSR count). The highest BCUT2D eigenvalue weighted by Gasteiger charge is 2.71. The van der Waals surface area contributed by atoms with Gasteiger partial charge in [0.1, 0.15) is 48.8 Å². The molecule has 14 heteroatoms. The number of hydrogen-bond acceptors (Lipinski definition) is 14. The summed E-state index contributed by atoms with van der Waals surface area (Å²) in [6, 6.07) is 0. The van der Waals surface area contributed by atoms with Gasteiger partial charge in [0.25, 0.3) is 0 Å². The Labute approximate surface area is 312 Å². The molecule has 306 valence electrons. The molecule has 0 amide bonds. The summed E-state index contributed by atoms with van der Waals surface area (Å²) in [6.45, 7) is 9.90. The first-order chi connectivity index (χ1) is 25.0. The summed E-state index contributed by atoms with van der Waals surface area (Å²) in [5.74, 6) is 0.445. The zero-order chi connectivity index (χ0) is 38.4. The van der Waals surface area contributed by atoms with Gasteiger partial charge in [-0.2, -0.15) is 0 Å². The van der Waals surface area contributed by atoms with Crippen LogP contribution in [-0.4, -0.2) is 145 Å². The lowest BCUT2D eigenvalue weighted by Gasteiger charge is -2.61. The van der Waals surface area contributed by atoms with Crippen molar-refractivity contribution >= 4 is 0 Å². The molecule has 14 nitrogen and oxygen atoms in total. The Balaban J connectivity index is 1.04. The minimum Gasteiger partial charge on any atom is -0.394 e. The molecule has 3 aliphatic heterocycles. The maximum Gasteiger partial charge on any atom is 0.187 e. The minimum absolute atomic E-state index is 0.00892. The molecule has 22 atom stereocenters. The Kier molecular flexibility index (Phi) is 11.5. The lowest BCUT2D eigenvalue weighted by Crippen LogP contribution is -2.65. The predicted octanol–water partition coefficient (Wildman–Crippen LogP) is 0.395. The molecule has 0 aromatic heterocycles. The Morgan fingerprint density at radius 2 is 1.36 bits per heavy atom. The van der Waals surface area contributed by atoms with Crippen molar-refractivity contribution in [2.45, 2.75) is 178 Å². The maximum absolute atomic E-state index is 12.0. The maximum atomic E-state index is 12.0. The molecular weight excluding hydrogens is 692 g/mol. The molecule has 0 spiro atoms. The third kappa shape index (κ3) is 6.66. The van der Waals surface area contributed by atoms with Gasteiger partial charge in [-0.3, -0.25) is 0 Å².